The van der Waals surface area contributed by atoms with Crippen LogP contribution in [0.4, 0.5) is 0 Å². The van der Waals surface area contributed by atoms with Crippen molar-refractivity contribution in [1.29, 1.82) is 0 Å². The van der Waals surface area contributed by atoms with Gasteiger partial charge in [0.05, 0.1) is 10.2 Å². The molecule has 1 aliphatic rings. The topological polar surface area (TPSA) is 24.9 Å². The van der Waals surface area contributed by atoms with E-state index < -0.39 is 0 Å². The first kappa shape index (κ1) is 13.0. The minimum absolute atomic E-state index is 0.320. The SMILES string of the molecule is CC(NC1CCc2ccccc21)c1cnc2ccsc2c1. The zero-order chi connectivity index (χ0) is 14.2. The van der Waals surface area contributed by atoms with Gasteiger partial charge in [0.2, 0.25) is 0 Å². The molecule has 3 heteroatoms. The van der Waals surface area contributed by atoms with Gasteiger partial charge in [-0.1, -0.05) is 24.3 Å². The van der Waals surface area contributed by atoms with Crippen molar-refractivity contribution in [2.75, 3.05) is 0 Å². The lowest BCUT2D eigenvalue weighted by Crippen LogP contribution is -2.23. The van der Waals surface area contributed by atoms with E-state index in [0.717, 1.165) is 5.52 Å². The Morgan fingerprint density at radius 2 is 2.19 bits per heavy atom. The summed E-state index contributed by atoms with van der Waals surface area (Å²) in [5.74, 6) is 0. The third-order valence-electron chi connectivity index (χ3n) is 4.41. The standard InChI is InChI=1S/C18H18N2S/c1-12(14-10-18-17(19-11-14)8-9-21-18)20-16-7-6-13-4-2-3-5-15(13)16/h2-5,8-12,16,20H,6-7H2,1H3. The molecule has 4 rings (SSSR count). The van der Waals surface area contributed by atoms with Crippen molar-refractivity contribution >= 4 is 21.6 Å². The quantitative estimate of drug-likeness (QED) is 0.761. The summed E-state index contributed by atoms with van der Waals surface area (Å²) in [6.45, 7) is 2.23. The molecule has 106 valence electrons. The highest BCUT2D eigenvalue weighted by Gasteiger charge is 2.23. The van der Waals surface area contributed by atoms with Crippen LogP contribution >= 0.6 is 11.3 Å². The smallest absolute Gasteiger partial charge is 0.0809 e. The summed E-state index contributed by atoms with van der Waals surface area (Å²) in [5, 5.41) is 5.88. The Morgan fingerprint density at radius 3 is 3.14 bits per heavy atom. The van der Waals surface area contributed by atoms with Crippen molar-refractivity contribution in [3.05, 3.63) is 64.7 Å². The lowest BCUT2D eigenvalue weighted by Gasteiger charge is -2.20. The Labute approximate surface area is 128 Å². The zero-order valence-electron chi connectivity index (χ0n) is 12.0. The van der Waals surface area contributed by atoms with E-state index in [1.165, 1.54) is 34.2 Å². The number of aromatic nitrogens is 1. The molecular weight excluding hydrogens is 276 g/mol. The molecule has 3 aromatic rings. The molecule has 21 heavy (non-hydrogen) atoms. The Morgan fingerprint density at radius 1 is 1.29 bits per heavy atom. The van der Waals surface area contributed by atoms with Crippen LogP contribution in [0.5, 0.6) is 0 Å². The first-order valence-electron chi connectivity index (χ1n) is 7.48. The second-order valence-electron chi connectivity index (χ2n) is 5.75. The number of hydrogen-bond donors (Lipinski definition) is 1. The molecule has 2 aromatic heterocycles. The van der Waals surface area contributed by atoms with Crippen LogP contribution in [0.25, 0.3) is 10.2 Å². The average Bonchev–Trinajstić information content (AvgIpc) is 3.13. The molecule has 1 aliphatic carbocycles. The number of rotatable bonds is 3. The van der Waals surface area contributed by atoms with Crippen LogP contribution < -0.4 is 5.32 Å². The molecule has 1 N–H and O–H groups in total. The fraction of sp³-hybridized carbons (Fsp3) is 0.278. The predicted molar refractivity (Wildman–Crippen MR) is 88.7 cm³/mol. The number of benzene rings is 1. The van der Waals surface area contributed by atoms with Gasteiger partial charge in [-0.2, -0.15) is 0 Å². The van der Waals surface area contributed by atoms with E-state index in [-0.39, 0.29) is 0 Å². The number of nitrogens with zero attached hydrogens (tertiary/aromatic N) is 1. The molecule has 1 aromatic carbocycles. The molecule has 0 radical (unpaired) electrons. The minimum Gasteiger partial charge on any atom is -0.303 e. The number of fused-ring (bicyclic) bond motifs is 2. The molecule has 0 amide bonds. The minimum atomic E-state index is 0.320. The maximum absolute atomic E-state index is 4.55. The molecule has 0 aliphatic heterocycles. The van der Waals surface area contributed by atoms with Gasteiger partial charge < -0.3 is 5.32 Å². The summed E-state index contributed by atoms with van der Waals surface area (Å²) in [6.07, 6.45) is 4.38. The van der Waals surface area contributed by atoms with Gasteiger partial charge in [-0.15, -0.1) is 11.3 Å². The summed E-state index contributed by atoms with van der Waals surface area (Å²) in [7, 11) is 0. The van der Waals surface area contributed by atoms with Gasteiger partial charge in [-0.3, -0.25) is 4.98 Å². The van der Waals surface area contributed by atoms with Crippen molar-refractivity contribution in [3.63, 3.8) is 0 Å². The molecule has 2 atom stereocenters. The fourth-order valence-electron chi connectivity index (χ4n) is 3.23. The Bertz CT molecular complexity index is 777. The van der Waals surface area contributed by atoms with E-state index in [9.17, 15) is 0 Å². The highest BCUT2D eigenvalue weighted by atomic mass is 32.1. The van der Waals surface area contributed by atoms with Crippen molar-refractivity contribution < 1.29 is 0 Å². The molecule has 0 saturated heterocycles. The van der Waals surface area contributed by atoms with Crippen molar-refractivity contribution in [1.82, 2.24) is 10.3 Å². The van der Waals surface area contributed by atoms with Crippen LogP contribution in [-0.2, 0) is 6.42 Å². The van der Waals surface area contributed by atoms with Crippen LogP contribution in [0.1, 0.15) is 42.1 Å². The summed E-state index contributed by atoms with van der Waals surface area (Å²) in [4.78, 5) is 4.55. The predicted octanol–water partition coefficient (Wildman–Crippen LogP) is 4.63. The summed E-state index contributed by atoms with van der Waals surface area (Å²) in [6, 6.07) is 13.9. The van der Waals surface area contributed by atoms with Crippen LogP contribution in [0, 0.1) is 0 Å². The number of hydrogen-bond acceptors (Lipinski definition) is 3. The van der Waals surface area contributed by atoms with E-state index in [1.807, 2.05) is 6.20 Å². The van der Waals surface area contributed by atoms with Gasteiger partial charge in [-0.25, -0.2) is 0 Å². The van der Waals surface area contributed by atoms with Gasteiger partial charge in [0, 0.05) is 18.3 Å². The molecule has 2 nitrogen and oxygen atoms in total. The Balaban J connectivity index is 1.57. The van der Waals surface area contributed by atoms with E-state index in [0.29, 0.717) is 12.1 Å². The molecule has 0 spiro atoms. The second kappa shape index (κ2) is 5.24. The van der Waals surface area contributed by atoms with Crippen LogP contribution in [0.15, 0.2) is 48.0 Å². The number of aryl methyl sites for hydroxylation is 1. The van der Waals surface area contributed by atoms with E-state index in [2.05, 4.69) is 59.0 Å². The van der Waals surface area contributed by atoms with E-state index in [4.69, 9.17) is 0 Å². The molecule has 0 bridgehead atoms. The summed E-state index contributed by atoms with van der Waals surface area (Å²) in [5.41, 5.74) is 5.33. The van der Waals surface area contributed by atoms with Gasteiger partial charge in [0.15, 0.2) is 0 Å². The lowest BCUT2D eigenvalue weighted by atomic mass is 10.1. The maximum Gasteiger partial charge on any atom is 0.0809 e. The molecule has 2 heterocycles. The Kier molecular flexibility index (Phi) is 3.24. The summed E-state index contributed by atoms with van der Waals surface area (Å²) < 4.78 is 1.27. The van der Waals surface area contributed by atoms with Crippen molar-refractivity contribution in [2.45, 2.75) is 31.8 Å². The fourth-order valence-corrected chi connectivity index (χ4v) is 4.02. The lowest BCUT2D eigenvalue weighted by molar-refractivity contribution is 0.464. The van der Waals surface area contributed by atoms with Gasteiger partial charge in [-0.05, 0) is 54.0 Å². The zero-order valence-corrected chi connectivity index (χ0v) is 12.9. The number of nitrogens with one attached hydrogen (secondary N) is 1. The first-order valence-corrected chi connectivity index (χ1v) is 8.36. The van der Waals surface area contributed by atoms with Crippen molar-refractivity contribution in [3.8, 4) is 0 Å². The number of thiophene rings is 1. The third-order valence-corrected chi connectivity index (χ3v) is 5.26. The molecule has 2 unspecified atom stereocenters. The monoisotopic (exact) mass is 294 g/mol. The summed E-state index contributed by atoms with van der Waals surface area (Å²) >= 11 is 1.76. The highest BCUT2D eigenvalue weighted by Crippen LogP contribution is 2.33. The van der Waals surface area contributed by atoms with Crippen molar-refractivity contribution in [2.24, 2.45) is 0 Å². The largest absolute Gasteiger partial charge is 0.303 e. The maximum atomic E-state index is 4.55. The van der Waals surface area contributed by atoms with Gasteiger partial charge in [0.25, 0.3) is 0 Å². The third kappa shape index (κ3) is 2.37. The highest BCUT2D eigenvalue weighted by molar-refractivity contribution is 7.17. The second-order valence-corrected chi connectivity index (χ2v) is 6.70. The van der Waals surface area contributed by atoms with E-state index >= 15 is 0 Å². The van der Waals surface area contributed by atoms with Crippen LogP contribution in [0.2, 0.25) is 0 Å². The first-order chi connectivity index (χ1) is 10.3. The van der Waals surface area contributed by atoms with Gasteiger partial charge in [0.1, 0.15) is 0 Å². The average molecular weight is 294 g/mol. The molecule has 0 saturated carbocycles. The van der Waals surface area contributed by atoms with Crippen LogP contribution in [0.3, 0.4) is 0 Å². The van der Waals surface area contributed by atoms with Crippen LogP contribution in [-0.4, -0.2) is 4.98 Å². The van der Waals surface area contributed by atoms with Gasteiger partial charge >= 0.3 is 0 Å². The normalized spacial score (nSPS) is 18.8. The molecular formula is C18H18N2S. The molecule has 0 fully saturated rings. The Hall–Kier alpha value is -1.71. The van der Waals surface area contributed by atoms with E-state index in [1.54, 1.807) is 11.3 Å². The number of pyridine rings is 1.